The number of aliphatic hydroxyl groups is 2. The van der Waals surface area contributed by atoms with Crippen LogP contribution in [0.5, 0.6) is 0 Å². The van der Waals surface area contributed by atoms with Crippen LogP contribution in [0.1, 0.15) is 25.7 Å². The van der Waals surface area contributed by atoms with E-state index >= 15 is 0 Å². The fraction of sp³-hybridized carbons (Fsp3) is 0.375. The average Bonchev–Trinajstić information content (AvgIpc) is 2.57. The summed E-state index contributed by atoms with van der Waals surface area (Å²) in [4.78, 5) is 80.1. The van der Waals surface area contributed by atoms with Crippen LogP contribution in [0.15, 0.2) is 12.2 Å². The summed E-state index contributed by atoms with van der Waals surface area (Å²) in [5, 5.41) is 83.2. The van der Waals surface area contributed by atoms with Gasteiger partial charge in [-0.1, -0.05) is 0 Å². The topological polar surface area (TPSA) is 339 Å². The Kier molecular flexibility index (Phi) is 15.3. The first-order valence-electron chi connectivity index (χ1n) is 8.11. The molecule has 0 aliphatic carbocycles. The average molecular weight is 500 g/mol. The van der Waals surface area contributed by atoms with Gasteiger partial charge >= 0.3 is 47.8 Å². The van der Waals surface area contributed by atoms with Crippen molar-refractivity contribution in [3.63, 3.8) is 0 Å². The molecule has 0 aromatic heterocycles. The van der Waals surface area contributed by atoms with E-state index in [9.17, 15) is 38.4 Å². The standard InChI is InChI=1S/2C6H8O7.C4H4O4/c2*7-3(8)1-6(13,5(11)12)2-4(9)10;5-3(6)1-2-4(7)8/h2*13H,1-2H2,(H,7,8)(H,9,10)(H,11,12);1-2H,(H,5,6)(H,7,8). The normalized spacial score (nSPS) is 10.5. The molecule has 0 aromatic rings. The molecule has 0 aromatic carbocycles. The van der Waals surface area contributed by atoms with Crippen LogP contribution < -0.4 is 0 Å². The molecule has 0 atom stereocenters. The monoisotopic (exact) mass is 500 g/mol. The number of carboxylic acids is 8. The van der Waals surface area contributed by atoms with Gasteiger partial charge < -0.3 is 51.1 Å². The van der Waals surface area contributed by atoms with Gasteiger partial charge in [0.15, 0.2) is 11.2 Å². The summed E-state index contributed by atoms with van der Waals surface area (Å²) in [6.45, 7) is 0. The summed E-state index contributed by atoms with van der Waals surface area (Å²) in [5.41, 5.74) is -5.48. The second-order valence-corrected chi connectivity index (χ2v) is 5.97. The minimum Gasteiger partial charge on any atom is -0.481 e. The zero-order chi connectivity index (χ0) is 27.9. The van der Waals surface area contributed by atoms with Gasteiger partial charge in [0, 0.05) is 12.2 Å². The highest BCUT2D eigenvalue weighted by molar-refractivity contribution is 5.90. The Balaban J connectivity index is -0.000000438. The van der Waals surface area contributed by atoms with E-state index in [0.717, 1.165) is 0 Å². The first kappa shape index (κ1) is 34.0. The molecule has 0 radical (unpaired) electrons. The van der Waals surface area contributed by atoms with Gasteiger partial charge in [-0.15, -0.1) is 0 Å². The number of aliphatic carboxylic acids is 8. The maximum atomic E-state index is 10.3. The summed E-state index contributed by atoms with van der Waals surface area (Å²) in [7, 11) is 0. The molecule has 0 fully saturated rings. The molecular formula is C16H20O18. The van der Waals surface area contributed by atoms with Crippen molar-refractivity contribution in [2.45, 2.75) is 36.9 Å². The van der Waals surface area contributed by atoms with Crippen molar-refractivity contribution in [2.24, 2.45) is 0 Å². The fourth-order valence-electron chi connectivity index (χ4n) is 1.57. The molecule has 18 heteroatoms. The molecule has 0 heterocycles. The van der Waals surface area contributed by atoms with Gasteiger partial charge in [0.25, 0.3) is 0 Å². The SMILES string of the molecule is O=C(O)C=CC(=O)O.O=C(O)CC(O)(CC(=O)O)C(=O)O.O=C(O)CC(O)(CC(=O)O)C(=O)O. The number of hydrogen-bond acceptors (Lipinski definition) is 10. The van der Waals surface area contributed by atoms with Crippen LogP contribution in [0, 0.1) is 0 Å². The van der Waals surface area contributed by atoms with Crippen LogP contribution in [0.25, 0.3) is 0 Å². The van der Waals surface area contributed by atoms with Crippen LogP contribution in [-0.4, -0.2) is 110 Å². The number of carboxylic acid groups (broad SMARTS) is 8. The predicted molar refractivity (Wildman–Crippen MR) is 98.6 cm³/mol. The van der Waals surface area contributed by atoms with Crippen molar-refractivity contribution in [2.75, 3.05) is 0 Å². The van der Waals surface area contributed by atoms with E-state index in [4.69, 9.17) is 51.1 Å². The molecule has 192 valence electrons. The fourth-order valence-corrected chi connectivity index (χ4v) is 1.57. The smallest absolute Gasteiger partial charge is 0.336 e. The van der Waals surface area contributed by atoms with Gasteiger partial charge in [0.05, 0.1) is 25.7 Å². The van der Waals surface area contributed by atoms with Gasteiger partial charge in [0.2, 0.25) is 0 Å². The Hall–Kier alpha value is -4.58. The summed E-state index contributed by atoms with van der Waals surface area (Å²) in [6.07, 6.45) is -3.46. The van der Waals surface area contributed by atoms with Crippen LogP contribution >= 0.6 is 0 Å². The van der Waals surface area contributed by atoms with Crippen molar-refractivity contribution in [1.82, 2.24) is 0 Å². The number of hydrogen-bond donors (Lipinski definition) is 10. The lowest BCUT2D eigenvalue weighted by Crippen LogP contribution is -2.42. The van der Waals surface area contributed by atoms with Crippen LogP contribution in [0.3, 0.4) is 0 Å². The van der Waals surface area contributed by atoms with Crippen molar-refractivity contribution >= 4 is 47.8 Å². The highest BCUT2D eigenvalue weighted by Gasteiger charge is 2.41. The zero-order valence-electron chi connectivity index (χ0n) is 16.7. The first-order valence-corrected chi connectivity index (χ1v) is 8.11. The van der Waals surface area contributed by atoms with E-state index < -0.39 is 84.6 Å². The minimum absolute atomic E-state index is 0.558. The van der Waals surface area contributed by atoms with E-state index in [-0.39, 0.29) is 0 Å². The Bertz CT molecular complexity index is 737. The Labute approximate surface area is 187 Å². The van der Waals surface area contributed by atoms with E-state index in [1.807, 2.05) is 0 Å². The maximum absolute atomic E-state index is 10.3. The Morgan fingerprint density at radius 1 is 0.441 bits per heavy atom. The zero-order valence-corrected chi connectivity index (χ0v) is 16.7. The molecule has 0 bridgehead atoms. The molecule has 18 nitrogen and oxygen atoms in total. The first-order chi connectivity index (χ1) is 15.2. The predicted octanol–water partition coefficient (Wildman–Crippen LogP) is -2.79. The molecule has 0 spiro atoms. The molecule has 0 aliphatic rings. The molecule has 34 heavy (non-hydrogen) atoms. The van der Waals surface area contributed by atoms with Crippen LogP contribution in [0.2, 0.25) is 0 Å². The highest BCUT2D eigenvalue weighted by Crippen LogP contribution is 2.16. The van der Waals surface area contributed by atoms with Gasteiger partial charge in [-0.3, -0.25) is 19.2 Å². The van der Waals surface area contributed by atoms with E-state index in [1.165, 1.54) is 0 Å². The Morgan fingerprint density at radius 2 is 0.618 bits per heavy atom. The molecule has 0 aliphatic heterocycles. The summed E-state index contributed by atoms with van der Waals surface area (Å²) < 4.78 is 0. The molecule has 10 N–H and O–H groups in total. The van der Waals surface area contributed by atoms with Crippen molar-refractivity contribution < 1.29 is 89.4 Å². The van der Waals surface area contributed by atoms with Crippen molar-refractivity contribution in [3.8, 4) is 0 Å². The number of carbonyl (C=O) groups is 8. The lowest BCUT2D eigenvalue weighted by Gasteiger charge is -2.18. The van der Waals surface area contributed by atoms with Crippen molar-refractivity contribution in [3.05, 3.63) is 12.2 Å². The highest BCUT2D eigenvalue weighted by atomic mass is 16.4. The van der Waals surface area contributed by atoms with Crippen molar-refractivity contribution in [1.29, 1.82) is 0 Å². The van der Waals surface area contributed by atoms with E-state index in [1.54, 1.807) is 0 Å². The van der Waals surface area contributed by atoms with Crippen LogP contribution in [-0.2, 0) is 38.4 Å². The lowest BCUT2D eigenvalue weighted by molar-refractivity contribution is -0.170. The summed E-state index contributed by atoms with van der Waals surface area (Å²) in [5.74, 6) is -12.6. The molecule has 0 rings (SSSR count). The van der Waals surface area contributed by atoms with Crippen LogP contribution in [0.4, 0.5) is 0 Å². The third-order valence-electron chi connectivity index (χ3n) is 2.94. The van der Waals surface area contributed by atoms with Gasteiger partial charge in [-0.25, -0.2) is 19.2 Å². The van der Waals surface area contributed by atoms with Gasteiger partial charge in [0.1, 0.15) is 0 Å². The minimum atomic E-state index is -2.74. The molecule has 0 saturated heterocycles. The van der Waals surface area contributed by atoms with E-state index in [2.05, 4.69) is 0 Å². The molecule has 0 saturated carbocycles. The van der Waals surface area contributed by atoms with E-state index in [0.29, 0.717) is 12.2 Å². The maximum Gasteiger partial charge on any atom is 0.336 e. The largest absolute Gasteiger partial charge is 0.481 e. The molecular weight excluding hydrogens is 480 g/mol. The summed E-state index contributed by atoms with van der Waals surface area (Å²) >= 11 is 0. The van der Waals surface area contributed by atoms with Gasteiger partial charge in [-0.05, 0) is 0 Å². The number of rotatable bonds is 12. The quantitative estimate of drug-likeness (QED) is 0.121. The molecule has 0 unspecified atom stereocenters. The Morgan fingerprint density at radius 3 is 0.706 bits per heavy atom. The third-order valence-corrected chi connectivity index (χ3v) is 2.94. The third kappa shape index (κ3) is 18.2. The molecule has 0 amide bonds. The van der Waals surface area contributed by atoms with Gasteiger partial charge in [-0.2, -0.15) is 0 Å². The lowest BCUT2D eigenvalue weighted by atomic mass is 9.96. The second kappa shape index (κ2) is 15.3. The second-order valence-electron chi connectivity index (χ2n) is 5.97. The summed E-state index contributed by atoms with van der Waals surface area (Å²) in [6, 6.07) is 0.